The number of hydrogen-bond acceptors (Lipinski definition) is 2. The average Bonchev–Trinajstić information content (AvgIpc) is 2.90. The molecule has 1 atom stereocenters. The van der Waals surface area contributed by atoms with Crippen LogP contribution in [0.5, 0.6) is 0 Å². The number of hydrogen-bond donors (Lipinski definition) is 1. The Kier molecular flexibility index (Phi) is 9.12. The molecule has 0 aliphatic heterocycles. The molecule has 1 fully saturated rings. The third-order valence-corrected chi connectivity index (χ3v) is 7.16. The van der Waals surface area contributed by atoms with Crippen molar-refractivity contribution in [3.05, 3.63) is 106 Å². The largest absolute Gasteiger partial charge is 0.352 e. The average molecular weight is 507 g/mol. The number of carbonyl (C=O) groups excluding carboxylic acids is 2. The number of amides is 2. The normalized spacial score (nSPS) is 14.7. The summed E-state index contributed by atoms with van der Waals surface area (Å²) in [6.45, 7) is 0.237. The van der Waals surface area contributed by atoms with E-state index in [9.17, 15) is 14.0 Å². The number of nitrogens with one attached hydrogen (secondary N) is 1. The van der Waals surface area contributed by atoms with Crippen molar-refractivity contribution in [2.24, 2.45) is 0 Å². The van der Waals surface area contributed by atoms with E-state index in [1.165, 1.54) is 18.6 Å². The molecule has 0 bridgehead atoms. The van der Waals surface area contributed by atoms with Crippen LogP contribution >= 0.6 is 11.6 Å². The second-order valence-electron chi connectivity index (χ2n) is 9.43. The first-order valence-corrected chi connectivity index (χ1v) is 13.0. The van der Waals surface area contributed by atoms with Gasteiger partial charge in [0.1, 0.15) is 11.9 Å². The van der Waals surface area contributed by atoms with E-state index in [-0.39, 0.29) is 41.4 Å². The minimum Gasteiger partial charge on any atom is -0.352 e. The summed E-state index contributed by atoms with van der Waals surface area (Å²) in [7, 11) is 0. The van der Waals surface area contributed by atoms with Gasteiger partial charge in [0.15, 0.2) is 0 Å². The number of nitrogens with zero attached hydrogens (tertiary/aromatic N) is 1. The molecule has 1 N–H and O–H groups in total. The zero-order valence-corrected chi connectivity index (χ0v) is 21.1. The maximum Gasteiger partial charge on any atom is 0.243 e. The van der Waals surface area contributed by atoms with Gasteiger partial charge in [-0.3, -0.25) is 9.59 Å². The van der Waals surface area contributed by atoms with Crippen molar-refractivity contribution < 1.29 is 14.0 Å². The molecular formula is C30H32ClFN2O2. The molecule has 188 valence electrons. The number of benzene rings is 3. The molecule has 1 aliphatic rings. The summed E-state index contributed by atoms with van der Waals surface area (Å²) in [5.41, 5.74) is 2.00. The van der Waals surface area contributed by atoms with E-state index in [4.69, 9.17) is 11.6 Å². The van der Waals surface area contributed by atoms with E-state index in [0.717, 1.165) is 36.8 Å². The first kappa shape index (κ1) is 25.9. The van der Waals surface area contributed by atoms with Gasteiger partial charge in [0.05, 0.1) is 6.42 Å². The maximum absolute atomic E-state index is 14.6. The van der Waals surface area contributed by atoms with Gasteiger partial charge < -0.3 is 10.2 Å². The van der Waals surface area contributed by atoms with Crippen LogP contribution in [0.15, 0.2) is 78.9 Å². The zero-order valence-electron chi connectivity index (χ0n) is 20.3. The summed E-state index contributed by atoms with van der Waals surface area (Å²) >= 11 is 6.25. The summed E-state index contributed by atoms with van der Waals surface area (Å²) in [6.07, 6.45) is 5.40. The molecule has 0 saturated heterocycles. The van der Waals surface area contributed by atoms with Crippen LogP contribution in [0.25, 0.3) is 0 Å². The summed E-state index contributed by atoms with van der Waals surface area (Å²) in [5.74, 6) is -1.04. The van der Waals surface area contributed by atoms with Gasteiger partial charge in [-0.05, 0) is 36.1 Å². The predicted octanol–water partition coefficient (Wildman–Crippen LogP) is 6.11. The molecule has 36 heavy (non-hydrogen) atoms. The molecule has 3 aromatic rings. The first-order chi connectivity index (χ1) is 17.5. The lowest BCUT2D eigenvalue weighted by Gasteiger charge is -2.33. The highest BCUT2D eigenvalue weighted by Gasteiger charge is 2.32. The van der Waals surface area contributed by atoms with Crippen molar-refractivity contribution in [2.45, 2.75) is 63.6 Å². The van der Waals surface area contributed by atoms with E-state index in [2.05, 4.69) is 5.32 Å². The van der Waals surface area contributed by atoms with Crippen LogP contribution in [0.1, 0.15) is 48.8 Å². The number of rotatable bonds is 9. The topological polar surface area (TPSA) is 49.4 Å². The highest BCUT2D eigenvalue weighted by atomic mass is 35.5. The van der Waals surface area contributed by atoms with E-state index in [1.807, 2.05) is 60.7 Å². The van der Waals surface area contributed by atoms with Crippen molar-refractivity contribution in [3.8, 4) is 0 Å². The van der Waals surface area contributed by atoms with Crippen molar-refractivity contribution >= 4 is 23.4 Å². The minimum atomic E-state index is -0.743. The Morgan fingerprint density at radius 1 is 0.889 bits per heavy atom. The van der Waals surface area contributed by atoms with Crippen LogP contribution in [-0.4, -0.2) is 28.8 Å². The molecule has 0 spiro atoms. The van der Waals surface area contributed by atoms with Crippen LogP contribution in [0.2, 0.25) is 5.02 Å². The highest BCUT2D eigenvalue weighted by molar-refractivity contribution is 6.31. The molecular weight excluding hydrogens is 475 g/mol. The van der Waals surface area contributed by atoms with E-state index >= 15 is 0 Å². The third-order valence-electron chi connectivity index (χ3n) is 6.81. The smallest absolute Gasteiger partial charge is 0.243 e. The van der Waals surface area contributed by atoms with Gasteiger partial charge in [-0.2, -0.15) is 0 Å². The molecule has 0 heterocycles. The lowest BCUT2D eigenvalue weighted by Crippen LogP contribution is -2.53. The van der Waals surface area contributed by atoms with E-state index in [0.29, 0.717) is 6.42 Å². The fraction of sp³-hybridized carbons (Fsp3) is 0.333. The van der Waals surface area contributed by atoms with Gasteiger partial charge in [-0.1, -0.05) is 97.6 Å². The molecule has 1 aliphatic carbocycles. The second kappa shape index (κ2) is 12.7. The molecule has 1 saturated carbocycles. The SMILES string of the molecule is O=C(NC1CCCCC1)C(Cc1ccccc1)N(Cc1ccccc1)C(=O)Cc1c(F)cccc1Cl. The number of carbonyl (C=O) groups is 2. The van der Waals surface area contributed by atoms with Crippen LogP contribution in [-0.2, 0) is 29.0 Å². The van der Waals surface area contributed by atoms with Crippen LogP contribution in [0, 0.1) is 5.82 Å². The Balaban J connectivity index is 1.66. The maximum atomic E-state index is 14.6. The summed E-state index contributed by atoms with van der Waals surface area (Å²) in [4.78, 5) is 29.1. The van der Waals surface area contributed by atoms with Crippen LogP contribution < -0.4 is 5.32 Å². The lowest BCUT2D eigenvalue weighted by atomic mass is 9.94. The van der Waals surface area contributed by atoms with Gasteiger partial charge in [-0.15, -0.1) is 0 Å². The quantitative estimate of drug-likeness (QED) is 0.380. The molecule has 2 amide bonds. The predicted molar refractivity (Wildman–Crippen MR) is 141 cm³/mol. The standard InChI is InChI=1S/C30H32ClFN2O2/c31-26-17-10-18-27(32)25(26)20-29(35)34(21-23-13-6-2-7-14-23)28(19-22-11-4-1-5-12-22)30(36)33-24-15-8-3-9-16-24/h1-2,4-7,10-14,17-18,24,28H,3,8-9,15-16,19-21H2,(H,33,36). The van der Waals surface area contributed by atoms with Gasteiger partial charge in [-0.25, -0.2) is 4.39 Å². The van der Waals surface area contributed by atoms with E-state index in [1.54, 1.807) is 11.0 Å². The minimum absolute atomic E-state index is 0.110. The second-order valence-corrected chi connectivity index (χ2v) is 9.84. The Hall–Kier alpha value is -3.18. The monoisotopic (exact) mass is 506 g/mol. The summed E-state index contributed by atoms with van der Waals surface area (Å²) < 4.78 is 14.6. The summed E-state index contributed by atoms with van der Waals surface area (Å²) in [6, 6.07) is 23.0. The lowest BCUT2D eigenvalue weighted by molar-refractivity contribution is -0.141. The van der Waals surface area contributed by atoms with E-state index < -0.39 is 11.9 Å². The van der Waals surface area contributed by atoms with Crippen molar-refractivity contribution in [3.63, 3.8) is 0 Å². The fourth-order valence-electron chi connectivity index (χ4n) is 4.83. The van der Waals surface area contributed by atoms with Gasteiger partial charge >= 0.3 is 0 Å². The first-order valence-electron chi connectivity index (χ1n) is 12.6. The van der Waals surface area contributed by atoms with Gasteiger partial charge in [0.25, 0.3) is 0 Å². The van der Waals surface area contributed by atoms with Gasteiger partial charge in [0.2, 0.25) is 11.8 Å². The number of halogens is 2. The molecule has 3 aromatic carbocycles. The Morgan fingerprint density at radius 2 is 1.53 bits per heavy atom. The Bertz CT molecular complexity index is 1130. The van der Waals surface area contributed by atoms with Crippen LogP contribution in [0.3, 0.4) is 0 Å². The van der Waals surface area contributed by atoms with Crippen molar-refractivity contribution in [1.82, 2.24) is 10.2 Å². The van der Waals surface area contributed by atoms with Crippen molar-refractivity contribution in [2.75, 3.05) is 0 Å². The van der Waals surface area contributed by atoms with Crippen LogP contribution in [0.4, 0.5) is 4.39 Å². The Labute approximate surface area is 217 Å². The molecule has 0 aromatic heterocycles. The Morgan fingerprint density at radius 3 is 2.17 bits per heavy atom. The molecule has 0 radical (unpaired) electrons. The molecule has 4 rings (SSSR count). The molecule has 1 unspecified atom stereocenters. The van der Waals surface area contributed by atoms with Gasteiger partial charge in [0, 0.05) is 29.6 Å². The third kappa shape index (κ3) is 6.94. The highest BCUT2D eigenvalue weighted by Crippen LogP contribution is 2.23. The summed E-state index contributed by atoms with van der Waals surface area (Å²) in [5, 5.41) is 3.42. The fourth-order valence-corrected chi connectivity index (χ4v) is 5.06. The zero-order chi connectivity index (χ0) is 25.3. The van der Waals surface area contributed by atoms with Crippen molar-refractivity contribution in [1.29, 1.82) is 0 Å². The molecule has 6 heteroatoms. The molecule has 4 nitrogen and oxygen atoms in total.